The zero-order valence-corrected chi connectivity index (χ0v) is 11.1. The van der Waals surface area contributed by atoms with E-state index in [-0.39, 0.29) is 0 Å². The van der Waals surface area contributed by atoms with Crippen molar-refractivity contribution in [1.29, 1.82) is 0 Å². The molecule has 4 heteroatoms. The molecule has 0 aromatic rings. The molecule has 0 bridgehead atoms. The van der Waals surface area contributed by atoms with Crippen LogP contribution in [0.4, 0.5) is 0 Å². The van der Waals surface area contributed by atoms with Gasteiger partial charge in [0.2, 0.25) is 0 Å². The molecule has 0 aliphatic heterocycles. The Balaban J connectivity index is 3.66. The molecule has 0 aromatic carbocycles. The lowest BCUT2D eigenvalue weighted by Gasteiger charge is -2.31. The fourth-order valence-corrected chi connectivity index (χ4v) is 1.08. The highest BCUT2D eigenvalue weighted by Crippen LogP contribution is 2.05. The highest BCUT2D eigenvalue weighted by Gasteiger charge is 2.18. The minimum atomic E-state index is -0.720. The minimum absolute atomic E-state index is 0.720. The maximum absolute atomic E-state index is 9.72. The average molecular weight is 217 g/mol. The van der Waals surface area contributed by atoms with Gasteiger partial charge < -0.3 is 14.9 Å². The molecule has 0 saturated carbocycles. The van der Waals surface area contributed by atoms with Crippen LogP contribution >= 0.6 is 0 Å². The van der Waals surface area contributed by atoms with E-state index in [2.05, 4.69) is 30.9 Å². The van der Waals surface area contributed by atoms with Crippen molar-refractivity contribution in [2.75, 3.05) is 54.4 Å². The molecule has 0 atom stereocenters. The second-order valence-corrected chi connectivity index (χ2v) is 5.02. The fraction of sp³-hybridized carbons (Fsp3) is 1.00. The van der Waals surface area contributed by atoms with E-state index < -0.39 is 5.72 Å². The van der Waals surface area contributed by atoms with Crippen LogP contribution < -0.4 is 0 Å². The Kier molecular flexibility index (Phi) is 6.36. The van der Waals surface area contributed by atoms with Gasteiger partial charge in [0.05, 0.1) is 0 Å². The number of nitrogens with zero attached hydrogens (tertiary/aromatic N) is 3. The van der Waals surface area contributed by atoms with Crippen LogP contribution in [0.25, 0.3) is 0 Å². The van der Waals surface area contributed by atoms with Crippen LogP contribution in [0.2, 0.25) is 0 Å². The second-order valence-electron chi connectivity index (χ2n) is 5.02. The lowest BCUT2D eigenvalue weighted by Crippen LogP contribution is -2.44. The SMILES string of the molecule is CN(C)CCN(C)CCN(C)C(C)(C)O. The van der Waals surface area contributed by atoms with Crippen molar-refractivity contribution in [3.8, 4) is 0 Å². The van der Waals surface area contributed by atoms with Crippen molar-refractivity contribution in [3.63, 3.8) is 0 Å². The van der Waals surface area contributed by atoms with E-state index in [0.29, 0.717) is 0 Å². The van der Waals surface area contributed by atoms with Gasteiger partial charge in [-0.15, -0.1) is 0 Å². The Morgan fingerprint density at radius 1 is 0.867 bits per heavy atom. The summed E-state index contributed by atoms with van der Waals surface area (Å²) in [5, 5.41) is 9.72. The predicted molar refractivity (Wildman–Crippen MR) is 65.0 cm³/mol. The van der Waals surface area contributed by atoms with Gasteiger partial charge in [0, 0.05) is 26.2 Å². The summed E-state index contributed by atoms with van der Waals surface area (Å²) in [5.74, 6) is 0. The highest BCUT2D eigenvalue weighted by atomic mass is 16.3. The van der Waals surface area contributed by atoms with Gasteiger partial charge >= 0.3 is 0 Å². The zero-order valence-electron chi connectivity index (χ0n) is 11.1. The van der Waals surface area contributed by atoms with Gasteiger partial charge in [-0.25, -0.2) is 0 Å². The van der Waals surface area contributed by atoms with Crippen molar-refractivity contribution in [1.82, 2.24) is 14.7 Å². The molecule has 0 saturated heterocycles. The van der Waals surface area contributed by atoms with Crippen molar-refractivity contribution in [2.24, 2.45) is 0 Å². The minimum Gasteiger partial charge on any atom is -0.376 e. The molecular weight excluding hydrogens is 190 g/mol. The van der Waals surface area contributed by atoms with E-state index in [0.717, 1.165) is 26.2 Å². The summed E-state index contributed by atoms with van der Waals surface area (Å²) in [6.45, 7) is 7.62. The monoisotopic (exact) mass is 217 g/mol. The summed E-state index contributed by atoms with van der Waals surface area (Å²) in [4.78, 5) is 6.41. The van der Waals surface area contributed by atoms with Crippen LogP contribution in [-0.4, -0.2) is 79.9 Å². The first kappa shape index (κ1) is 14.8. The first-order chi connectivity index (χ1) is 6.73. The van der Waals surface area contributed by atoms with Crippen molar-refractivity contribution >= 4 is 0 Å². The predicted octanol–water partition coefficient (Wildman–Crippen LogP) is 0.140. The van der Waals surface area contributed by atoms with E-state index in [1.165, 1.54) is 0 Å². The van der Waals surface area contributed by atoms with Crippen molar-refractivity contribution in [2.45, 2.75) is 19.6 Å². The Morgan fingerprint density at radius 3 is 1.73 bits per heavy atom. The number of rotatable bonds is 7. The number of hydrogen-bond donors (Lipinski definition) is 1. The Labute approximate surface area is 94.5 Å². The smallest absolute Gasteiger partial charge is 0.112 e. The lowest BCUT2D eigenvalue weighted by atomic mass is 10.2. The molecule has 0 radical (unpaired) electrons. The van der Waals surface area contributed by atoms with Gasteiger partial charge in [-0.05, 0) is 42.0 Å². The summed E-state index contributed by atoms with van der Waals surface area (Å²) in [5.41, 5.74) is -0.720. The summed E-state index contributed by atoms with van der Waals surface area (Å²) >= 11 is 0. The van der Waals surface area contributed by atoms with Crippen molar-refractivity contribution < 1.29 is 5.11 Å². The molecule has 0 aliphatic carbocycles. The normalized spacial score (nSPS) is 13.2. The largest absolute Gasteiger partial charge is 0.376 e. The van der Waals surface area contributed by atoms with Crippen LogP contribution in [0.3, 0.4) is 0 Å². The molecule has 0 rings (SSSR count). The van der Waals surface area contributed by atoms with Crippen LogP contribution in [-0.2, 0) is 0 Å². The molecule has 0 amide bonds. The van der Waals surface area contributed by atoms with Crippen LogP contribution in [0, 0.1) is 0 Å². The number of aliphatic hydroxyl groups is 1. The van der Waals surface area contributed by atoms with Crippen molar-refractivity contribution in [3.05, 3.63) is 0 Å². The summed E-state index contributed by atoms with van der Waals surface area (Å²) < 4.78 is 0. The maximum Gasteiger partial charge on any atom is 0.112 e. The second kappa shape index (κ2) is 6.43. The first-order valence-corrected chi connectivity index (χ1v) is 5.50. The van der Waals surface area contributed by atoms with Gasteiger partial charge in [-0.1, -0.05) is 0 Å². The van der Waals surface area contributed by atoms with Gasteiger partial charge in [0.25, 0.3) is 0 Å². The maximum atomic E-state index is 9.72. The summed E-state index contributed by atoms with van der Waals surface area (Å²) in [7, 11) is 8.22. The molecule has 0 heterocycles. The summed E-state index contributed by atoms with van der Waals surface area (Å²) in [6.07, 6.45) is 0. The lowest BCUT2D eigenvalue weighted by molar-refractivity contribution is -0.0652. The molecule has 1 N–H and O–H groups in total. The van der Waals surface area contributed by atoms with E-state index in [1.807, 2.05) is 25.8 Å². The highest BCUT2D eigenvalue weighted by molar-refractivity contribution is 4.66. The molecule has 15 heavy (non-hydrogen) atoms. The molecule has 0 aromatic heterocycles. The zero-order chi connectivity index (χ0) is 12.1. The van der Waals surface area contributed by atoms with Crippen LogP contribution in [0.5, 0.6) is 0 Å². The number of hydrogen-bond acceptors (Lipinski definition) is 4. The van der Waals surface area contributed by atoms with Gasteiger partial charge in [0.1, 0.15) is 5.72 Å². The first-order valence-electron chi connectivity index (χ1n) is 5.50. The summed E-state index contributed by atoms with van der Waals surface area (Å²) in [6, 6.07) is 0. The molecule has 0 fully saturated rings. The standard InChI is InChI=1S/C11H27N3O/c1-11(2,15)14(6)10-9-13(5)8-7-12(3)4/h15H,7-10H2,1-6H3. The van der Waals surface area contributed by atoms with Crippen LogP contribution in [0.15, 0.2) is 0 Å². The van der Waals surface area contributed by atoms with Gasteiger partial charge in [0.15, 0.2) is 0 Å². The molecule has 0 aliphatic rings. The topological polar surface area (TPSA) is 30.0 Å². The third-order valence-corrected chi connectivity index (χ3v) is 2.68. The quantitative estimate of drug-likeness (QED) is 0.615. The Hall–Kier alpha value is -0.160. The molecular formula is C11H27N3O. The Bertz CT molecular complexity index is 166. The molecule has 0 spiro atoms. The van der Waals surface area contributed by atoms with Gasteiger partial charge in [-0.2, -0.15) is 0 Å². The third kappa shape index (κ3) is 7.73. The van der Waals surface area contributed by atoms with Gasteiger partial charge in [-0.3, -0.25) is 4.90 Å². The van der Waals surface area contributed by atoms with E-state index >= 15 is 0 Å². The van der Waals surface area contributed by atoms with E-state index in [1.54, 1.807) is 0 Å². The van der Waals surface area contributed by atoms with E-state index in [4.69, 9.17) is 0 Å². The third-order valence-electron chi connectivity index (χ3n) is 2.68. The van der Waals surface area contributed by atoms with E-state index in [9.17, 15) is 5.11 Å². The number of likely N-dealkylation sites (N-methyl/N-ethyl adjacent to an activating group) is 3. The molecule has 4 nitrogen and oxygen atoms in total. The Morgan fingerprint density at radius 2 is 1.33 bits per heavy atom. The fourth-order valence-electron chi connectivity index (χ4n) is 1.08. The average Bonchev–Trinajstić information content (AvgIpc) is 2.09. The molecule has 92 valence electrons. The van der Waals surface area contributed by atoms with Crippen LogP contribution in [0.1, 0.15) is 13.8 Å². The molecule has 0 unspecified atom stereocenters.